The fourth-order valence-corrected chi connectivity index (χ4v) is 4.41. The number of carbonyl (C=O) groups is 1. The molecule has 0 atom stereocenters. The molecule has 1 aliphatic rings. The first-order valence-electron chi connectivity index (χ1n) is 12.9. The number of nitrogens with one attached hydrogen (secondary N) is 1. The Morgan fingerprint density at radius 2 is 1.34 bits per heavy atom. The summed E-state index contributed by atoms with van der Waals surface area (Å²) in [6.07, 6.45) is 26.5. The van der Waals surface area contributed by atoms with Gasteiger partial charge in [0.15, 0.2) is 0 Å². The molecule has 1 rings (SSSR count). The summed E-state index contributed by atoms with van der Waals surface area (Å²) < 4.78 is 1.15. The van der Waals surface area contributed by atoms with Gasteiger partial charge in [-0.1, -0.05) is 70.4 Å². The number of hydrogen-bond acceptors (Lipinski definition) is 1. The van der Waals surface area contributed by atoms with Crippen LogP contribution in [0.15, 0.2) is 12.2 Å². The van der Waals surface area contributed by atoms with E-state index in [4.69, 9.17) is 0 Å². The van der Waals surface area contributed by atoms with E-state index in [9.17, 15) is 4.79 Å². The molecule has 1 fully saturated rings. The third kappa shape index (κ3) is 15.6. The second-order valence-corrected chi connectivity index (χ2v) is 9.54. The Kier molecular flexibility index (Phi) is 16.2. The zero-order valence-electron chi connectivity index (χ0n) is 19.9. The van der Waals surface area contributed by atoms with Gasteiger partial charge in [0.05, 0.1) is 33.2 Å². The topological polar surface area (TPSA) is 29.1 Å². The molecule has 3 heteroatoms. The van der Waals surface area contributed by atoms with Gasteiger partial charge in [-0.25, -0.2) is 0 Å². The Labute approximate surface area is 182 Å². The van der Waals surface area contributed by atoms with Crippen molar-refractivity contribution in [2.45, 2.75) is 116 Å². The van der Waals surface area contributed by atoms with Gasteiger partial charge < -0.3 is 9.80 Å². The average Bonchev–Trinajstić information content (AvgIpc) is 2.71. The minimum absolute atomic E-state index is 0.256. The highest BCUT2D eigenvalue weighted by molar-refractivity contribution is 5.75. The number of carbonyl (C=O) groups excluding carboxylic acids is 1. The van der Waals surface area contributed by atoms with E-state index in [1.54, 1.807) is 0 Å². The number of rotatable bonds is 18. The van der Waals surface area contributed by atoms with Gasteiger partial charge in [-0.15, -0.1) is 0 Å². The summed E-state index contributed by atoms with van der Waals surface area (Å²) in [5.74, 6) is 0.256. The normalized spacial score (nSPS) is 16.3. The molecule has 1 heterocycles. The molecule has 0 saturated carbocycles. The number of likely N-dealkylation sites (tertiary alicyclic amines) is 1. The van der Waals surface area contributed by atoms with E-state index in [-0.39, 0.29) is 5.91 Å². The Bertz CT molecular complexity index is 413. The average molecular weight is 408 g/mol. The van der Waals surface area contributed by atoms with E-state index < -0.39 is 0 Å². The summed E-state index contributed by atoms with van der Waals surface area (Å²) in [6, 6.07) is 0. The molecule has 1 aliphatic heterocycles. The van der Waals surface area contributed by atoms with Crippen LogP contribution in [0.1, 0.15) is 116 Å². The van der Waals surface area contributed by atoms with Crippen LogP contribution in [0.2, 0.25) is 0 Å². The molecule has 0 bridgehead atoms. The van der Waals surface area contributed by atoms with Crippen LogP contribution in [0.25, 0.3) is 0 Å². The summed E-state index contributed by atoms with van der Waals surface area (Å²) in [5, 5.41) is 3.14. The van der Waals surface area contributed by atoms with Crippen molar-refractivity contribution in [2.75, 3.05) is 33.2 Å². The molecule has 29 heavy (non-hydrogen) atoms. The van der Waals surface area contributed by atoms with Gasteiger partial charge in [-0.3, -0.25) is 4.79 Å². The number of unbranched alkanes of at least 4 members (excludes halogenated alkanes) is 11. The molecule has 3 nitrogen and oxygen atoms in total. The third-order valence-electron chi connectivity index (χ3n) is 6.54. The van der Waals surface area contributed by atoms with Crippen molar-refractivity contribution in [3.8, 4) is 0 Å². The second kappa shape index (κ2) is 18.0. The van der Waals surface area contributed by atoms with Crippen molar-refractivity contribution in [1.82, 2.24) is 5.32 Å². The minimum Gasteiger partial charge on any atom is -0.350 e. The highest BCUT2D eigenvalue weighted by atomic mass is 16.1. The summed E-state index contributed by atoms with van der Waals surface area (Å²) in [4.78, 5) is 12.0. The van der Waals surface area contributed by atoms with Gasteiger partial charge in [0.2, 0.25) is 5.91 Å². The van der Waals surface area contributed by atoms with Crippen LogP contribution in [0.4, 0.5) is 0 Å². The molecular weight excluding hydrogens is 356 g/mol. The summed E-state index contributed by atoms with van der Waals surface area (Å²) in [5.41, 5.74) is 0. The smallest absolute Gasteiger partial charge is 0.220 e. The molecule has 0 aromatic carbocycles. The monoisotopic (exact) mass is 407 g/mol. The van der Waals surface area contributed by atoms with Crippen molar-refractivity contribution < 1.29 is 9.28 Å². The molecule has 0 aromatic heterocycles. The molecule has 1 saturated heterocycles. The van der Waals surface area contributed by atoms with Crippen molar-refractivity contribution in [1.29, 1.82) is 0 Å². The van der Waals surface area contributed by atoms with E-state index in [1.165, 1.54) is 109 Å². The van der Waals surface area contributed by atoms with Crippen molar-refractivity contribution in [3.05, 3.63) is 12.2 Å². The predicted molar refractivity (Wildman–Crippen MR) is 127 cm³/mol. The van der Waals surface area contributed by atoms with Crippen molar-refractivity contribution >= 4 is 5.91 Å². The lowest BCUT2D eigenvalue weighted by molar-refractivity contribution is -0.912. The Hall–Kier alpha value is -0.830. The Balaban J connectivity index is 1.82. The first-order valence-corrected chi connectivity index (χ1v) is 12.9. The molecule has 0 radical (unpaired) electrons. The number of piperidine rings is 1. The van der Waals surface area contributed by atoms with Crippen LogP contribution in [0, 0.1) is 0 Å². The SMILES string of the molecule is CCCCCCCCC=CCCCCCCCC(=O)NCC[N+]1(C)CCCCC1. The van der Waals surface area contributed by atoms with Crippen LogP contribution in [-0.4, -0.2) is 43.6 Å². The van der Waals surface area contributed by atoms with Crippen LogP contribution >= 0.6 is 0 Å². The predicted octanol–water partition coefficient (Wildman–Crippen LogP) is 6.77. The van der Waals surface area contributed by atoms with Gasteiger partial charge in [-0.2, -0.15) is 0 Å². The summed E-state index contributed by atoms with van der Waals surface area (Å²) in [7, 11) is 2.34. The molecule has 0 aliphatic carbocycles. The molecule has 0 spiro atoms. The van der Waals surface area contributed by atoms with Crippen LogP contribution < -0.4 is 5.32 Å². The van der Waals surface area contributed by atoms with Gasteiger partial charge in [0.25, 0.3) is 0 Å². The number of hydrogen-bond donors (Lipinski definition) is 1. The lowest BCUT2D eigenvalue weighted by Crippen LogP contribution is -2.51. The maximum atomic E-state index is 12.0. The zero-order valence-corrected chi connectivity index (χ0v) is 19.9. The van der Waals surface area contributed by atoms with E-state index in [1.807, 2.05) is 0 Å². The number of nitrogens with zero attached hydrogens (tertiary/aromatic N) is 1. The first-order chi connectivity index (χ1) is 14.2. The molecule has 170 valence electrons. The second-order valence-electron chi connectivity index (χ2n) is 9.54. The largest absolute Gasteiger partial charge is 0.350 e. The van der Waals surface area contributed by atoms with Crippen molar-refractivity contribution in [3.63, 3.8) is 0 Å². The standard InChI is InChI=1S/C26H50N2O/c1-3-4-5-6-7-8-9-10-11-12-13-14-15-16-18-21-26(29)27-22-25-28(2)23-19-17-20-24-28/h10-11H,3-9,12-25H2,1-2H3/p+1. The number of quaternary nitrogens is 1. The van der Waals surface area contributed by atoms with Crippen LogP contribution in [-0.2, 0) is 4.79 Å². The third-order valence-corrected chi connectivity index (χ3v) is 6.54. The fraction of sp³-hybridized carbons (Fsp3) is 0.885. The van der Waals surface area contributed by atoms with Gasteiger partial charge in [-0.05, 0) is 51.4 Å². The van der Waals surface area contributed by atoms with Crippen LogP contribution in [0.5, 0.6) is 0 Å². The first kappa shape index (κ1) is 26.2. The fourth-order valence-electron chi connectivity index (χ4n) is 4.41. The Morgan fingerprint density at radius 1 is 0.793 bits per heavy atom. The number of allylic oxidation sites excluding steroid dienone is 2. The molecule has 0 aromatic rings. The van der Waals surface area contributed by atoms with Crippen LogP contribution in [0.3, 0.4) is 0 Å². The van der Waals surface area contributed by atoms with E-state index in [2.05, 4.69) is 31.4 Å². The van der Waals surface area contributed by atoms with E-state index in [0.717, 1.165) is 24.0 Å². The highest BCUT2D eigenvalue weighted by Gasteiger charge is 2.23. The van der Waals surface area contributed by atoms with Gasteiger partial charge >= 0.3 is 0 Å². The summed E-state index contributed by atoms with van der Waals surface area (Å²) in [6.45, 7) is 6.78. The number of likely N-dealkylation sites (N-methyl/N-ethyl adjacent to an activating group) is 1. The molecule has 0 unspecified atom stereocenters. The highest BCUT2D eigenvalue weighted by Crippen LogP contribution is 2.15. The Morgan fingerprint density at radius 3 is 1.97 bits per heavy atom. The molecule has 1 amide bonds. The number of amides is 1. The molecular formula is C26H51N2O+. The maximum absolute atomic E-state index is 12.0. The lowest BCUT2D eigenvalue weighted by Gasteiger charge is -2.37. The zero-order chi connectivity index (χ0) is 21.0. The quantitative estimate of drug-likeness (QED) is 0.152. The molecule has 1 N–H and O–H groups in total. The lowest BCUT2D eigenvalue weighted by atomic mass is 10.1. The van der Waals surface area contributed by atoms with Crippen molar-refractivity contribution in [2.24, 2.45) is 0 Å². The summed E-state index contributed by atoms with van der Waals surface area (Å²) >= 11 is 0. The van der Waals surface area contributed by atoms with Gasteiger partial charge in [0.1, 0.15) is 0 Å². The van der Waals surface area contributed by atoms with E-state index in [0.29, 0.717) is 6.42 Å². The van der Waals surface area contributed by atoms with Gasteiger partial charge in [0, 0.05) is 6.42 Å². The maximum Gasteiger partial charge on any atom is 0.220 e. The van der Waals surface area contributed by atoms with E-state index >= 15 is 0 Å². The minimum atomic E-state index is 0.256.